The molecule has 3 N–H and O–H groups in total. The van der Waals surface area contributed by atoms with E-state index in [0.717, 1.165) is 20.8 Å². The number of aromatic nitrogens is 1. The maximum atomic E-state index is 9.02. The zero-order valence-electron chi connectivity index (χ0n) is 9.47. The van der Waals surface area contributed by atoms with E-state index in [1.165, 1.54) is 0 Å². The van der Waals surface area contributed by atoms with Crippen LogP contribution in [-0.2, 0) is 0 Å². The highest BCUT2D eigenvalue weighted by Gasteiger charge is 2.10. The number of aliphatic hydroxyl groups is 1. The maximum absolute atomic E-state index is 9.02. The number of hydrogen-bond donors (Lipinski definition) is 2. The van der Waals surface area contributed by atoms with E-state index < -0.39 is 0 Å². The first-order chi connectivity index (χ1) is 7.61. The van der Waals surface area contributed by atoms with Crippen molar-refractivity contribution in [3.05, 3.63) is 28.8 Å². The van der Waals surface area contributed by atoms with Gasteiger partial charge >= 0.3 is 0 Å². The predicted octanol–water partition coefficient (Wildman–Crippen LogP) is 2.41. The molecule has 0 bridgehead atoms. The summed E-state index contributed by atoms with van der Waals surface area (Å²) in [6, 6.07) is 5.64. The number of nitrogens with zero attached hydrogens (tertiary/aromatic N) is 1. The van der Waals surface area contributed by atoms with Gasteiger partial charge in [-0.2, -0.15) is 0 Å². The summed E-state index contributed by atoms with van der Waals surface area (Å²) in [7, 11) is 0. The number of fused-ring (bicyclic) bond motifs is 1. The van der Waals surface area contributed by atoms with E-state index in [1.54, 1.807) is 11.3 Å². The first kappa shape index (κ1) is 11.5. The van der Waals surface area contributed by atoms with Crippen LogP contribution in [0.5, 0.6) is 0 Å². The van der Waals surface area contributed by atoms with Crippen molar-refractivity contribution in [1.82, 2.24) is 4.98 Å². The molecule has 16 heavy (non-hydrogen) atoms. The third kappa shape index (κ3) is 2.09. The molecule has 86 valence electrons. The average Bonchev–Trinajstić information content (AvgIpc) is 2.70. The van der Waals surface area contributed by atoms with E-state index >= 15 is 0 Å². The van der Waals surface area contributed by atoms with Crippen molar-refractivity contribution < 1.29 is 5.11 Å². The fourth-order valence-corrected chi connectivity index (χ4v) is 2.56. The van der Waals surface area contributed by atoms with Crippen molar-refractivity contribution in [1.29, 1.82) is 0 Å². The smallest absolute Gasteiger partial charge is 0.0963 e. The number of benzene rings is 1. The van der Waals surface area contributed by atoms with Crippen LogP contribution in [0.25, 0.3) is 10.2 Å². The van der Waals surface area contributed by atoms with E-state index in [0.29, 0.717) is 5.92 Å². The molecule has 0 spiro atoms. The molecule has 1 aromatic heterocycles. The molecule has 0 aliphatic heterocycles. The van der Waals surface area contributed by atoms with Crippen LogP contribution in [-0.4, -0.2) is 16.7 Å². The largest absolute Gasteiger partial charge is 0.394 e. The molecule has 0 radical (unpaired) electrons. The Balaban J connectivity index is 2.45. The molecule has 0 aliphatic rings. The molecule has 0 amide bonds. The van der Waals surface area contributed by atoms with Crippen LogP contribution in [0.1, 0.15) is 36.4 Å². The van der Waals surface area contributed by atoms with Crippen molar-refractivity contribution in [3.8, 4) is 0 Å². The van der Waals surface area contributed by atoms with Crippen LogP contribution in [0.2, 0.25) is 0 Å². The molecule has 2 rings (SSSR count). The van der Waals surface area contributed by atoms with Gasteiger partial charge in [-0.3, -0.25) is 0 Å². The summed E-state index contributed by atoms with van der Waals surface area (Å²) in [4.78, 5) is 4.55. The van der Waals surface area contributed by atoms with Crippen molar-refractivity contribution in [2.75, 3.05) is 6.61 Å². The minimum atomic E-state index is -0.297. The lowest BCUT2D eigenvalue weighted by atomic mass is 10.1. The fourth-order valence-electron chi connectivity index (χ4n) is 1.54. The second-order valence-corrected chi connectivity index (χ2v) is 5.29. The summed E-state index contributed by atoms with van der Waals surface area (Å²) in [5.41, 5.74) is 7.77. The van der Waals surface area contributed by atoms with Crippen molar-refractivity contribution >= 4 is 21.6 Å². The summed E-state index contributed by atoms with van der Waals surface area (Å²) in [5, 5.41) is 10.2. The highest BCUT2D eigenvalue weighted by molar-refractivity contribution is 7.18. The summed E-state index contributed by atoms with van der Waals surface area (Å²) >= 11 is 1.70. The highest BCUT2D eigenvalue weighted by atomic mass is 32.1. The van der Waals surface area contributed by atoms with Gasteiger partial charge in [0.15, 0.2) is 0 Å². The summed E-state index contributed by atoms with van der Waals surface area (Å²) in [6.45, 7) is 4.25. The van der Waals surface area contributed by atoms with Gasteiger partial charge in [-0.05, 0) is 17.7 Å². The predicted molar refractivity (Wildman–Crippen MR) is 67.7 cm³/mol. The SMILES string of the molecule is CC(C)c1nc2ccc(C(N)CO)cc2s1. The third-order valence-electron chi connectivity index (χ3n) is 2.55. The van der Waals surface area contributed by atoms with Gasteiger partial charge in [0.2, 0.25) is 0 Å². The number of hydrogen-bond acceptors (Lipinski definition) is 4. The molecular formula is C12H16N2OS. The Labute approximate surface area is 98.9 Å². The number of nitrogens with two attached hydrogens (primary N) is 1. The van der Waals surface area contributed by atoms with Crippen LogP contribution in [0.4, 0.5) is 0 Å². The maximum Gasteiger partial charge on any atom is 0.0963 e. The third-order valence-corrected chi connectivity index (χ3v) is 3.87. The quantitative estimate of drug-likeness (QED) is 0.860. The summed E-state index contributed by atoms with van der Waals surface area (Å²) in [6.07, 6.45) is 0. The van der Waals surface area contributed by atoms with Crippen LogP contribution < -0.4 is 5.73 Å². The lowest BCUT2D eigenvalue weighted by molar-refractivity contribution is 0.268. The highest BCUT2D eigenvalue weighted by Crippen LogP contribution is 2.28. The number of rotatable bonds is 3. The Morgan fingerprint density at radius 2 is 2.19 bits per heavy atom. The molecule has 3 nitrogen and oxygen atoms in total. The Kier molecular flexibility index (Phi) is 3.23. The van der Waals surface area contributed by atoms with E-state index in [-0.39, 0.29) is 12.6 Å². The zero-order valence-corrected chi connectivity index (χ0v) is 10.3. The molecule has 4 heteroatoms. The molecule has 0 aliphatic carbocycles. The molecule has 0 saturated carbocycles. The molecule has 1 unspecified atom stereocenters. The van der Waals surface area contributed by atoms with E-state index in [2.05, 4.69) is 18.8 Å². The van der Waals surface area contributed by atoms with Crippen LogP contribution >= 0.6 is 11.3 Å². The first-order valence-corrected chi connectivity index (χ1v) is 6.20. The molecule has 2 aromatic rings. The summed E-state index contributed by atoms with van der Waals surface area (Å²) < 4.78 is 1.14. The molecular weight excluding hydrogens is 220 g/mol. The van der Waals surface area contributed by atoms with Gasteiger partial charge in [0.1, 0.15) is 0 Å². The molecule has 1 atom stereocenters. The van der Waals surface area contributed by atoms with Gasteiger partial charge in [-0.15, -0.1) is 11.3 Å². The standard InChI is InChI=1S/C12H16N2OS/c1-7(2)12-14-10-4-3-8(9(13)6-15)5-11(10)16-12/h3-5,7,9,15H,6,13H2,1-2H3. The van der Waals surface area contributed by atoms with Crippen molar-refractivity contribution in [2.24, 2.45) is 5.73 Å². The van der Waals surface area contributed by atoms with Gasteiger partial charge in [-0.1, -0.05) is 19.9 Å². The molecule has 1 aromatic carbocycles. The lowest BCUT2D eigenvalue weighted by Gasteiger charge is -2.07. The molecule has 0 saturated heterocycles. The van der Waals surface area contributed by atoms with E-state index in [1.807, 2.05) is 18.2 Å². The van der Waals surface area contributed by atoms with Gasteiger partial charge in [-0.25, -0.2) is 4.98 Å². The minimum Gasteiger partial charge on any atom is -0.394 e. The Morgan fingerprint density at radius 1 is 1.44 bits per heavy atom. The second kappa shape index (κ2) is 4.49. The number of thiazole rings is 1. The Morgan fingerprint density at radius 3 is 2.81 bits per heavy atom. The fraction of sp³-hybridized carbons (Fsp3) is 0.417. The number of aliphatic hydroxyl groups excluding tert-OH is 1. The van der Waals surface area contributed by atoms with Gasteiger partial charge < -0.3 is 10.8 Å². The monoisotopic (exact) mass is 236 g/mol. The van der Waals surface area contributed by atoms with Gasteiger partial charge in [0.05, 0.1) is 27.9 Å². The Bertz CT molecular complexity index is 493. The minimum absolute atomic E-state index is 0.0264. The van der Waals surface area contributed by atoms with Crippen LogP contribution in [0.3, 0.4) is 0 Å². The molecule has 1 heterocycles. The zero-order chi connectivity index (χ0) is 11.7. The topological polar surface area (TPSA) is 59.1 Å². The normalized spacial score (nSPS) is 13.6. The van der Waals surface area contributed by atoms with Crippen LogP contribution in [0.15, 0.2) is 18.2 Å². The van der Waals surface area contributed by atoms with Crippen molar-refractivity contribution in [3.63, 3.8) is 0 Å². The van der Waals surface area contributed by atoms with Gasteiger partial charge in [0, 0.05) is 5.92 Å². The Hall–Kier alpha value is -0.970. The molecule has 0 fully saturated rings. The average molecular weight is 236 g/mol. The summed E-state index contributed by atoms with van der Waals surface area (Å²) in [5.74, 6) is 0.451. The second-order valence-electron chi connectivity index (χ2n) is 4.22. The van der Waals surface area contributed by atoms with E-state index in [9.17, 15) is 0 Å². The van der Waals surface area contributed by atoms with Crippen molar-refractivity contribution in [2.45, 2.75) is 25.8 Å². The van der Waals surface area contributed by atoms with Gasteiger partial charge in [0.25, 0.3) is 0 Å². The van der Waals surface area contributed by atoms with Crippen LogP contribution in [0, 0.1) is 0 Å². The first-order valence-electron chi connectivity index (χ1n) is 5.38. The van der Waals surface area contributed by atoms with E-state index in [4.69, 9.17) is 10.8 Å². The lowest BCUT2D eigenvalue weighted by Crippen LogP contribution is -2.13.